The number of aryl methyl sites for hydroxylation is 1. The highest BCUT2D eigenvalue weighted by Gasteiger charge is 2.17. The third-order valence-corrected chi connectivity index (χ3v) is 5.53. The van der Waals surface area contributed by atoms with Crippen LogP contribution < -0.4 is 15.9 Å². The van der Waals surface area contributed by atoms with Crippen molar-refractivity contribution in [2.75, 3.05) is 43.4 Å². The molecule has 1 aliphatic rings. The Morgan fingerprint density at radius 2 is 1.73 bits per heavy atom. The fraction of sp³-hybridized carbons (Fsp3) is 0.409. The summed E-state index contributed by atoms with van der Waals surface area (Å²) in [5.74, 6) is 0.672. The van der Waals surface area contributed by atoms with Gasteiger partial charge in [0.15, 0.2) is 0 Å². The Hall–Kier alpha value is -3.13. The van der Waals surface area contributed by atoms with E-state index in [1.807, 2.05) is 43.3 Å². The van der Waals surface area contributed by atoms with E-state index in [1.165, 1.54) is 4.57 Å². The monoisotopic (exact) mass is 408 g/mol. The summed E-state index contributed by atoms with van der Waals surface area (Å²) in [6.07, 6.45) is 2.53. The predicted molar refractivity (Wildman–Crippen MR) is 119 cm³/mol. The van der Waals surface area contributed by atoms with Crippen molar-refractivity contribution in [2.45, 2.75) is 26.4 Å². The van der Waals surface area contributed by atoms with E-state index in [0.717, 1.165) is 49.5 Å². The number of nitrogens with one attached hydrogen (secondary N) is 1. The van der Waals surface area contributed by atoms with Gasteiger partial charge < -0.3 is 15.1 Å². The number of aromatic nitrogens is 3. The number of pyridine rings is 1. The number of carbonyl (C=O) groups is 1. The maximum Gasteiger partial charge on any atom is 0.329 e. The van der Waals surface area contributed by atoms with Gasteiger partial charge in [0.25, 0.3) is 0 Å². The van der Waals surface area contributed by atoms with Crippen LogP contribution in [0.1, 0.15) is 13.3 Å². The number of fused-ring (bicyclic) bond motifs is 1. The van der Waals surface area contributed by atoms with Crippen molar-refractivity contribution in [1.82, 2.24) is 19.0 Å². The van der Waals surface area contributed by atoms with Gasteiger partial charge in [0.05, 0.1) is 22.9 Å². The molecule has 0 radical (unpaired) electrons. The van der Waals surface area contributed by atoms with Gasteiger partial charge >= 0.3 is 5.69 Å². The summed E-state index contributed by atoms with van der Waals surface area (Å²) < 4.78 is 3.27. The number of rotatable bonds is 6. The Morgan fingerprint density at radius 1 is 1.03 bits per heavy atom. The molecule has 1 amide bonds. The van der Waals surface area contributed by atoms with Crippen LogP contribution in [0.25, 0.3) is 11.0 Å². The standard InChI is InChI=1S/C22H28N6O2/c1-3-10-27-18-6-4-5-7-19(18)28(22(27)30)16-21(29)24-17-8-9-20(23-15-17)26-13-11-25(2)12-14-26/h4-9,15H,3,10-14,16H2,1-2H3,(H,24,29). The molecule has 0 bridgehead atoms. The number of para-hydroxylation sites is 2. The molecule has 1 saturated heterocycles. The Kier molecular flexibility index (Phi) is 5.85. The van der Waals surface area contributed by atoms with Gasteiger partial charge in [-0.2, -0.15) is 0 Å². The maximum absolute atomic E-state index is 12.8. The quantitative estimate of drug-likeness (QED) is 0.675. The van der Waals surface area contributed by atoms with Crippen LogP contribution in [0.4, 0.5) is 11.5 Å². The van der Waals surface area contributed by atoms with Crippen LogP contribution in [0.2, 0.25) is 0 Å². The molecule has 0 aliphatic carbocycles. The lowest BCUT2D eigenvalue weighted by atomic mass is 10.3. The lowest BCUT2D eigenvalue weighted by Crippen LogP contribution is -2.44. The van der Waals surface area contributed by atoms with Crippen LogP contribution in [-0.4, -0.2) is 58.2 Å². The van der Waals surface area contributed by atoms with E-state index in [0.29, 0.717) is 12.2 Å². The van der Waals surface area contributed by atoms with Crippen LogP contribution in [0.15, 0.2) is 47.4 Å². The molecule has 8 heteroatoms. The number of hydrogen-bond donors (Lipinski definition) is 1. The number of benzene rings is 1. The lowest BCUT2D eigenvalue weighted by Gasteiger charge is -2.33. The summed E-state index contributed by atoms with van der Waals surface area (Å²) in [5.41, 5.74) is 2.10. The minimum atomic E-state index is -0.245. The Balaban J connectivity index is 1.46. The molecule has 0 atom stereocenters. The van der Waals surface area contributed by atoms with Crippen molar-refractivity contribution >= 4 is 28.4 Å². The summed E-state index contributed by atoms with van der Waals surface area (Å²) >= 11 is 0. The summed E-state index contributed by atoms with van der Waals surface area (Å²) in [6, 6.07) is 11.4. The average Bonchev–Trinajstić information content (AvgIpc) is 3.01. The first-order chi connectivity index (χ1) is 14.6. The van der Waals surface area contributed by atoms with Gasteiger partial charge in [0, 0.05) is 32.7 Å². The van der Waals surface area contributed by atoms with Crippen molar-refractivity contribution in [1.29, 1.82) is 0 Å². The molecule has 0 spiro atoms. The summed E-state index contributed by atoms with van der Waals surface area (Å²) in [7, 11) is 2.12. The number of anilines is 2. The highest BCUT2D eigenvalue weighted by molar-refractivity contribution is 5.91. The number of likely N-dealkylation sites (N-methyl/N-ethyl adjacent to an activating group) is 1. The molecule has 4 rings (SSSR count). The molecule has 3 heterocycles. The van der Waals surface area contributed by atoms with Gasteiger partial charge in [0.2, 0.25) is 5.91 Å². The van der Waals surface area contributed by atoms with Gasteiger partial charge in [-0.1, -0.05) is 19.1 Å². The molecule has 0 saturated carbocycles. The van der Waals surface area contributed by atoms with Crippen molar-refractivity contribution in [2.24, 2.45) is 0 Å². The van der Waals surface area contributed by atoms with E-state index in [1.54, 1.807) is 10.8 Å². The molecular weight excluding hydrogens is 380 g/mol. The van der Waals surface area contributed by atoms with E-state index in [4.69, 9.17) is 0 Å². The van der Waals surface area contributed by atoms with Gasteiger partial charge in [0.1, 0.15) is 12.4 Å². The van der Waals surface area contributed by atoms with E-state index in [-0.39, 0.29) is 18.1 Å². The third kappa shape index (κ3) is 4.09. The second-order valence-corrected chi connectivity index (χ2v) is 7.75. The van der Waals surface area contributed by atoms with Crippen LogP contribution in [0.5, 0.6) is 0 Å². The van der Waals surface area contributed by atoms with Crippen LogP contribution >= 0.6 is 0 Å². The first kappa shape index (κ1) is 20.2. The molecule has 1 N–H and O–H groups in total. The highest BCUT2D eigenvalue weighted by atomic mass is 16.2. The van der Waals surface area contributed by atoms with Crippen molar-refractivity contribution in [3.8, 4) is 0 Å². The molecule has 1 aliphatic heterocycles. The topological polar surface area (TPSA) is 75.4 Å². The summed E-state index contributed by atoms with van der Waals surface area (Å²) in [6.45, 7) is 6.55. The van der Waals surface area contributed by atoms with Gasteiger partial charge in [-0.3, -0.25) is 13.9 Å². The molecule has 3 aromatic rings. The SMILES string of the molecule is CCCn1c(=O)n(CC(=O)Nc2ccc(N3CCN(C)CC3)nc2)c2ccccc21. The first-order valence-electron chi connectivity index (χ1n) is 10.4. The normalized spacial score (nSPS) is 14.9. The highest BCUT2D eigenvalue weighted by Crippen LogP contribution is 2.17. The van der Waals surface area contributed by atoms with Gasteiger partial charge in [-0.05, 0) is 37.7 Å². The largest absolute Gasteiger partial charge is 0.354 e. The van der Waals surface area contributed by atoms with E-state index in [2.05, 4.69) is 27.1 Å². The van der Waals surface area contributed by atoms with Gasteiger partial charge in [-0.15, -0.1) is 0 Å². The van der Waals surface area contributed by atoms with Crippen molar-refractivity contribution < 1.29 is 4.79 Å². The molecule has 2 aromatic heterocycles. The predicted octanol–water partition coefficient (Wildman–Crippen LogP) is 2.00. The second-order valence-electron chi connectivity index (χ2n) is 7.75. The zero-order chi connectivity index (χ0) is 21.1. The zero-order valence-electron chi connectivity index (χ0n) is 17.5. The van der Waals surface area contributed by atoms with E-state index < -0.39 is 0 Å². The Bertz CT molecular complexity index is 1080. The number of carbonyl (C=O) groups excluding carboxylic acids is 1. The fourth-order valence-corrected chi connectivity index (χ4v) is 3.89. The minimum absolute atomic E-state index is 0.0315. The molecule has 8 nitrogen and oxygen atoms in total. The first-order valence-corrected chi connectivity index (χ1v) is 10.4. The number of imidazole rings is 1. The number of amides is 1. The zero-order valence-corrected chi connectivity index (χ0v) is 17.5. The lowest BCUT2D eigenvalue weighted by molar-refractivity contribution is -0.116. The van der Waals surface area contributed by atoms with Crippen molar-refractivity contribution in [3.63, 3.8) is 0 Å². The fourth-order valence-electron chi connectivity index (χ4n) is 3.89. The number of nitrogens with zero attached hydrogens (tertiary/aromatic N) is 5. The summed E-state index contributed by atoms with van der Waals surface area (Å²) in [4.78, 5) is 34.5. The van der Waals surface area contributed by atoms with E-state index in [9.17, 15) is 9.59 Å². The van der Waals surface area contributed by atoms with Crippen LogP contribution in [-0.2, 0) is 17.9 Å². The smallest absolute Gasteiger partial charge is 0.329 e. The van der Waals surface area contributed by atoms with Gasteiger partial charge in [-0.25, -0.2) is 9.78 Å². The summed E-state index contributed by atoms with van der Waals surface area (Å²) in [5, 5.41) is 2.86. The molecule has 0 unspecified atom stereocenters. The van der Waals surface area contributed by atoms with Crippen LogP contribution in [0, 0.1) is 0 Å². The molecule has 158 valence electrons. The Morgan fingerprint density at radius 3 is 2.37 bits per heavy atom. The van der Waals surface area contributed by atoms with Crippen molar-refractivity contribution in [3.05, 3.63) is 53.1 Å². The third-order valence-electron chi connectivity index (χ3n) is 5.53. The number of piperazine rings is 1. The van der Waals surface area contributed by atoms with E-state index >= 15 is 0 Å². The molecule has 30 heavy (non-hydrogen) atoms. The Labute approximate surface area is 175 Å². The second kappa shape index (κ2) is 8.71. The maximum atomic E-state index is 12.8. The minimum Gasteiger partial charge on any atom is -0.354 e. The van der Waals surface area contributed by atoms with Crippen LogP contribution in [0.3, 0.4) is 0 Å². The molecule has 1 aromatic carbocycles. The average molecular weight is 409 g/mol. The molecule has 1 fully saturated rings. The number of hydrogen-bond acceptors (Lipinski definition) is 5. The molecular formula is C22H28N6O2.